The Kier molecular flexibility index (Phi) is 4.73. The lowest BCUT2D eigenvalue weighted by Gasteiger charge is -2.34. The number of anilines is 1. The lowest BCUT2D eigenvalue weighted by molar-refractivity contribution is -0.143. The highest BCUT2D eigenvalue weighted by Crippen LogP contribution is 2.26. The van der Waals surface area contributed by atoms with E-state index in [1.165, 1.54) is 0 Å². The fourth-order valence-corrected chi connectivity index (χ4v) is 3.59. The maximum atomic E-state index is 12.5. The summed E-state index contributed by atoms with van der Waals surface area (Å²) in [6.45, 7) is 2.74. The van der Waals surface area contributed by atoms with Crippen molar-refractivity contribution in [2.75, 3.05) is 18.4 Å². The van der Waals surface area contributed by atoms with Gasteiger partial charge < -0.3 is 19.7 Å². The molecule has 0 aliphatic carbocycles. The van der Waals surface area contributed by atoms with Gasteiger partial charge in [0, 0.05) is 24.3 Å². The van der Waals surface area contributed by atoms with E-state index in [0.29, 0.717) is 24.5 Å². The predicted molar refractivity (Wildman–Crippen MR) is 105 cm³/mol. The quantitative estimate of drug-likeness (QED) is 0.715. The number of carbonyl (C=O) groups excluding carboxylic acids is 1. The number of oxazole rings is 1. The average molecular weight is 379 g/mol. The lowest BCUT2D eigenvalue weighted by Crippen LogP contribution is -2.47. The van der Waals surface area contributed by atoms with Crippen molar-refractivity contribution in [3.63, 3.8) is 0 Å². The summed E-state index contributed by atoms with van der Waals surface area (Å²) in [4.78, 5) is 29.9. The van der Waals surface area contributed by atoms with E-state index in [0.717, 1.165) is 16.7 Å². The van der Waals surface area contributed by atoms with Crippen molar-refractivity contribution in [3.05, 3.63) is 48.5 Å². The molecule has 2 N–H and O–H groups in total. The molecule has 1 saturated heterocycles. The zero-order valence-electron chi connectivity index (χ0n) is 15.5. The Bertz CT molecular complexity index is 979. The van der Waals surface area contributed by atoms with Gasteiger partial charge in [0.2, 0.25) is 5.89 Å². The van der Waals surface area contributed by atoms with Crippen molar-refractivity contribution in [3.8, 4) is 11.5 Å². The van der Waals surface area contributed by atoms with Crippen LogP contribution in [0, 0.1) is 11.8 Å². The zero-order chi connectivity index (χ0) is 19.7. The van der Waals surface area contributed by atoms with Crippen LogP contribution in [0.2, 0.25) is 0 Å². The van der Waals surface area contributed by atoms with Gasteiger partial charge in [0.1, 0.15) is 5.52 Å². The minimum atomic E-state index is -0.855. The van der Waals surface area contributed by atoms with Crippen molar-refractivity contribution in [1.29, 1.82) is 0 Å². The summed E-state index contributed by atoms with van der Waals surface area (Å²) < 4.78 is 5.75. The van der Waals surface area contributed by atoms with Gasteiger partial charge in [-0.25, -0.2) is 9.78 Å². The molecule has 2 amide bonds. The summed E-state index contributed by atoms with van der Waals surface area (Å²) in [5, 5.41) is 12.1. The fraction of sp³-hybridized carbons (Fsp3) is 0.286. The molecule has 2 heterocycles. The molecular formula is C21H21N3O4. The number of nitrogens with zero attached hydrogens (tertiary/aromatic N) is 2. The summed E-state index contributed by atoms with van der Waals surface area (Å²) >= 11 is 0. The zero-order valence-corrected chi connectivity index (χ0v) is 15.5. The molecule has 0 radical (unpaired) electrons. The number of likely N-dealkylation sites (tertiary alicyclic amines) is 1. The van der Waals surface area contributed by atoms with E-state index in [1.54, 1.807) is 17.0 Å². The molecule has 1 aliphatic heterocycles. The normalized spacial score (nSPS) is 19.5. The predicted octanol–water partition coefficient (Wildman–Crippen LogP) is 4.07. The van der Waals surface area contributed by atoms with Crippen molar-refractivity contribution in [1.82, 2.24) is 9.88 Å². The van der Waals surface area contributed by atoms with Gasteiger partial charge in [0.05, 0.1) is 5.92 Å². The molecule has 7 nitrogen and oxygen atoms in total. The third-order valence-corrected chi connectivity index (χ3v) is 4.97. The van der Waals surface area contributed by atoms with Gasteiger partial charge in [0.25, 0.3) is 0 Å². The van der Waals surface area contributed by atoms with Gasteiger partial charge in [-0.3, -0.25) is 4.79 Å². The molecule has 28 heavy (non-hydrogen) atoms. The first-order chi connectivity index (χ1) is 13.5. The van der Waals surface area contributed by atoms with E-state index in [9.17, 15) is 14.7 Å². The number of fused-ring (bicyclic) bond motifs is 1. The number of benzene rings is 2. The lowest BCUT2D eigenvalue weighted by atomic mass is 9.91. The van der Waals surface area contributed by atoms with Gasteiger partial charge in [-0.05, 0) is 48.7 Å². The Morgan fingerprint density at radius 3 is 2.61 bits per heavy atom. The van der Waals surface area contributed by atoms with Gasteiger partial charge in [-0.2, -0.15) is 0 Å². The first kappa shape index (κ1) is 18.0. The van der Waals surface area contributed by atoms with Crippen LogP contribution in [-0.4, -0.2) is 40.1 Å². The van der Waals surface area contributed by atoms with Gasteiger partial charge in [-0.15, -0.1) is 0 Å². The number of aliphatic carboxylic acids is 1. The number of rotatable bonds is 3. The highest BCUT2D eigenvalue weighted by molar-refractivity contribution is 5.90. The van der Waals surface area contributed by atoms with Crippen LogP contribution >= 0.6 is 0 Å². The summed E-state index contributed by atoms with van der Waals surface area (Å²) in [6, 6.07) is 14.5. The van der Waals surface area contributed by atoms with Crippen LogP contribution in [0.1, 0.15) is 13.3 Å². The number of hydrogen-bond donors (Lipinski definition) is 2. The second-order valence-electron chi connectivity index (χ2n) is 7.28. The van der Waals surface area contributed by atoms with Crippen LogP contribution in [-0.2, 0) is 4.79 Å². The minimum absolute atomic E-state index is 0.155. The van der Waals surface area contributed by atoms with E-state index in [4.69, 9.17) is 4.42 Å². The SMILES string of the molecule is CC1CC(C(=O)O)CN(C(=O)Nc2ccc(-c3nc4ccccc4o3)cc2)C1. The summed E-state index contributed by atoms with van der Waals surface area (Å²) in [5.41, 5.74) is 2.96. The number of carboxylic acids is 1. The number of para-hydroxylation sites is 2. The Morgan fingerprint density at radius 2 is 1.89 bits per heavy atom. The molecule has 2 unspecified atom stereocenters. The highest BCUT2D eigenvalue weighted by Gasteiger charge is 2.31. The van der Waals surface area contributed by atoms with Crippen LogP contribution in [0.4, 0.5) is 10.5 Å². The molecule has 2 aromatic carbocycles. The molecule has 1 fully saturated rings. The summed E-state index contributed by atoms with van der Waals surface area (Å²) in [6.07, 6.45) is 0.596. The number of nitrogens with one attached hydrogen (secondary N) is 1. The van der Waals surface area contributed by atoms with Crippen LogP contribution in [0.15, 0.2) is 52.9 Å². The molecule has 7 heteroatoms. The molecule has 1 aliphatic rings. The minimum Gasteiger partial charge on any atom is -0.481 e. The average Bonchev–Trinajstić information content (AvgIpc) is 3.12. The fourth-order valence-electron chi connectivity index (χ4n) is 3.59. The van der Waals surface area contributed by atoms with Crippen molar-refractivity contribution >= 4 is 28.8 Å². The second-order valence-corrected chi connectivity index (χ2v) is 7.28. The smallest absolute Gasteiger partial charge is 0.321 e. The number of carboxylic acid groups (broad SMARTS) is 1. The van der Waals surface area contributed by atoms with Crippen LogP contribution < -0.4 is 5.32 Å². The van der Waals surface area contributed by atoms with Crippen LogP contribution in [0.5, 0.6) is 0 Å². The van der Waals surface area contributed by atoms with Crippen LogP contribution in [0.25, 0.3) is 22.6 Å². The van der Waals surface area contributed by atoms with E-state index in [2.05, 4.69) is 10.3 Å². The molecule has 4 rings (SSSR count). The van der Waals surface area contributed by atoms with Crippen molar-refractivity contribution in [2.24, 2.45) is 11.8 Å². The summed E-state index contributed by atoms with van der Waals surface area (Å²) in [5.74, 6) is -0.696. The van der Waals surface area contributed by atoms with E-state index >= 15 is 0 Å². The van der Waals surface area contributed by atoms with E-state index < -0.39 is 11.9 Å². The van der Waals surface area contributed by atoms with Gasteiger partial charge in [-0.1, -0.05) is 19.1 Å². The number of hydrogen-bond acceptors (Lipinski definition) is 4. The largest absolute Gasteiger partial charge is 0.481 e. The number of carbonyl (C=O) groups is 2. The van der Waals surface area contributed by atoms with Crippen LogP contribution in [0.3, 0.4) is 0 Å². The number of urea groups is 1. The van der Waals surface area contributed by atoms with Gasteiger partial charge >= 0.3 is 12.0 Å². The number of aromatic nitrogens is 1. The highest BCUT2D eigenvalue weighted by atomic mass is 16.4. The molecule has 1 aromatic heterocycles. The Morgan fingerprint density at radius 1 is 1.14 bits per heavy atom. The monoisotopic (exact) mass is 379 g/mol. The molecule has 2 atom stereocenters. The van der Waals surface area contributed by atoms with E-state index in [-0.39, 0.29) is 18.5 Å². The maximum Gasteiger partial charge on any atom is 0.321 e. The molecule has 3 aromatic rings. The van der Waals surface area contributed by atoms with E-state index in [1.807, 2.05) is 43.3 Å². The summed E-state index contributed by atoms with van der Waals surface area (Å²) in [7, 11) is 0. The second kappa shape index (κ2) is 7.34. The van der Waals surface area contributed by atoms with Gasteiger partial charge in [0.15, 0.2) is 5.58 Å². The van der Waals surface area contributed by atoms with Crippen molar-refractivity contribution in [2.45, 2.75) is 13.3 Å². The molecule has 144 valence electrons. The Hall–Kier alpha value is -3.35. The molecule has 0 spiro atoms. The first-order valence-electron chi connectivity index (χ1n) is 9.24. The molecular weight excluding hydrogens is 358 g/mol. The Balaban J connectivity index is 1.45. The standard InChI is InChI=1S/C21H21N3O4/c1-13-10-15(20(25)26)12-24(11-13)21(27)22-16-8-6-14(7-9-16)19-23-17-4-2-3-5-18(17)28-19/h2-9,13,15H,10-12H2,1H3,(H,22,27)(H,25,26). The first-order valence-corrected chi connectivity index (χ1v) is 9.24. The number of amides is 2. The number of piperidine rings is 1. The third-order valence-electron chi connectivity index (χ3n) is 4.97. The maximum absolute atomic E-state index is 12.5. The molecule has 0 saturated carbocycles. The van der Waals surface area contributed by atoms with Crippen molar-refractivity contribution < 1.29 is 19.1 Å². The third kappa shape index (κ3) is 3.69. The topological polar surface area (TPSA) is 95.7 Å². The molecule has 0 bridgehead atoms. The Labute approximate surface area is 162 Å².